The molecule has 0 unspecified atom stereocenters. The van der Waals surface area contributed by atoms with Crippen molar-refractivity contribution in [1.29, 1.82) is 0 Å². The minimum atomic E-state index is -0.709. The Morgan fingerprint density at radius 2 is 2.04 bits per heavy atom. The molecule has 0 aliphatic carbocycles. The second kappa shape index (κ2) is 6.74. The Morgan fingerprint density at radius 3 is 2.61 bits per heavy atom. The third kappa shape index (κ3) is 3.84. The standard InChI is InChI=1S/C15H20N4O4/c1-9-2-3-12(15(17)21)8-18(9)7-11-5-4-10(14(16)20)6-13(11)19(22)23/h4-6,9,12H,2-3,7-8H2,1H3,(H2,16,20)(H2,17,21)/t9-,12+/m1/s1. The zero-order valence-electron chi connectivity index (χ0n) is 12.9. The number of nitrogens with two attached hydrogens (primary N) is 2. The number of likely N-dealkylation sites (tertiary alicyclic amines) is 1. The van der Waals surface area contributed by atoms with Crippen LogP contribution in [0.15, 0.2) is 18.2 Å². The third-order valence-corrected chi connectivity index (χ3v) is 4.35. The SMILES string of the molecule is C[C@@H]1CC[C@H](C(N)=O)CN1Cc1ccc(C(N)=O)cc1[N+](=O)[O-]. The van der Waals surface area contributed by atoms with Gasteiger partial charge in [0.15, 0.2) is 0 Å². The molecule has 1 saturated heterocycles. The topological polar surface area (TPSA) is 133 Å². The highest BCUT2D eigenvalue weighted by Crippen LogP contribution is 2.27. The summed E-state index contributed by atoms with van der Waals surface area (Å²) in [6.45, 7) is 2.81. The monoisotopic (exact) mass is 320 g/mol. The summed E-state index contributed by atoms with van der Waals surface area (Å²) < 4.78 is 0. The number of hydrogen-bond acceptors (Lipinski definition) is 5. The summed E-state index contributed by atoms with van der Waals surface area (Å²) in [6, 6.07) is 4.41. The predicted octanol–water partition coefficient (Wildman–Crippen LogP) is 0.780. The van der Waals surface area contributed by atoms with Gasteiger partial charge < -0.3 is 11.5 Å². The van der Waals surface area contributed by atoms with E-state index >= 15 is 0 Å². The normalized spacial score (nSPS) is 21.8. The Labute approximate surface area is 133 Å². The summed E-state index contributed by atoms with van der Waals surface area (Å²) in [6.07, 6.45) is 1.54. The molecule has 1 aromatic rings. The molecule has 2 atom stereocenters. The zero-order chi connectivity index (χ0) is 17.1. The Balaban J connectivity index is 2.26. The first-order valence-corrected chi connectivity index (χ1v) is 7.40. The van der Waals surface area contributed by atoms with Gasteiger partial charge in [-0.2, -0.15) is 0 Å². The van der Waals surface area contributed by atoms with Crippen LogP contribution in [0.5, 0.6) is 0 Å². The van der Waals surface area contributed by atoms with Crippen LogP contribution in [0.2, 0.25) is 0 Å². The van der Waals surface area contributed by atoms with Crippen LogP contribution in [-0.4, -0.2) is 34.2 Å². The van der Waals surface area contributed by atoms with Gasteiger partial charge in [0.05, 0.1) is 10.8 Å². The smallest absolute Gasteiger partial charge is 0.274 e. The van der Waals surface area contributed by atoms with Crippen LogP contribution >= 0.6 is 0 Å². The van der Waals surface area contributed by atoms with E-state index in [1.165, 1.54) is 12.1 Å². The molecule has 1 fully saturated rings. The fourth-order valence-electron chi connectivity index (χ4n) is 2.87. The van der Waals surface area contributed by atoms with Gasteiger partial charge in [-0.3, -0.25) is 24.6 Å². The fraction of sp³-hybridized carbons (Fsp3) is 0.467. The Hall–Kier alpha value is -2.48. The maximum atomic E-state index is 11.4. The number of rotatable bonds is 5. The van der Waals surface area contributed by atoms with Crippen molar-refractivity contribution in [3.05, 3.63) is 39.4 Å². The largest absolute Gasteiger partial charge is 0.369 e. The highest BCUT2D eigenvalue weighted by Gasteiger charge is 2.30. The molecular formula is C15H20N4O4. The number of nitro groups is 1. The molecule has 2 amide bonds. The van der Waals surface area contributed by atoms with Crippen LogP contribution in [0.4, 0.5) is 5.69 Å². The third-order valence-electron chi connectivity index (χ3n) is 4.35. The number of carbonyl (C=O) groups excluding carboxylic acids is 2. The number of primary amides is 2. The van der Waals surface area contributed by atoms with Crippen LogP contribution in [0.3, 0.4) is 0 Å². The molecule has 0 saturated carbocycles. The molecule has 1 aliphatic heterocycles. The van der Waals surface area contributed by atoms with Crippen LogP contribution in [0.25, 0.3) is 0 Å². The lowest BCUT2D eigenvalue weighted by atomic mass is 9.92. The van der Waals surface area contributed by atoms with Crippen molar-refractivity contribution in [2.24, 2.45) is 17.4 Å². The number of carbonyl (C=O) groups is 2. The lowest BCUT2D eigenvalue weighted by Gasteiger charge is -2.36. The minimum absolute atomic E-state index is 0.0992. The molecular weight excluding hydrogens is 300 g/mol. The zero-order valence-corrected chi connectivity index (χ0v) is 12.9. The lowest BCUT2D eigenvalue weighted by molar-refractivity contribution is -0.385. The van der Waals surface area contributed by atoms with Crippen molar-refractivity contribution in [2.45, 2.75) is 32.4 Å². The van der Waals surface area contributed by atoms with Gasteiger partial charge in [-0.05, 0) is 25.8 Å². The first-order chi connectivity index (χ1) is 10.8. The van der Waals surface area contributed by atoms with Crippen molar-refractivity contribution in [2.75, 3.05) is 6.54 Å². The van der Waals surface area contributed by atoms with Crippen molar-refractivity contribution < 1.29 is 14.5 Å². The van der Waals surface area contributed by atoms with Crippen molar-refractivity contribution in [3.63, 3.8) is 0 Å². The van der Waals surface area contributed by atoms with Crippen LogP contribution in [0, 0.1) is 16.0 Å². The minimum Gasteiger partial charge on any atom is -0.369 e. The molecule has 0 bridgehead atoms. The summed E-state index contributed by atoms with van der Waals surface area (Å²) in [7, 11) is 0. The van der Waals surface area contributed by atoms with E-state index in [4.69, 9.17) is 11.5 Å². The second-order valence-electron chi connectivity index (χ2n) is 5.92. The summed E-state index contributed by atoms with van der Waals surface area (Å²) in [5.74, 6) is -1.30. The van der Waals surface area contributed by atoms with Crippen molar-refractivity contribution in [3.8, 4) is 0 Å². The van der Waals surface area contributed by atoms with E-state index in [1.807, 2.05) is 11.8 Å². The van der Waals surface area contributed by atoms with Crippen LogP contribution in [-0.2, 0) is 11.3 Å². The maximum absolute atomic E-state index is 11.4. The Morgan fingerprint density at radius 1 is 1.35 bits per heavy atom. The molecule has 1 aliphatic rings. The Bertz CT molecular complexity index is 646. The molecule has 2 rings (SSSR count). The second-order valence-corrected chi connectivity index (χ2v) is 5.92. The summed E-state index contributed by atoms with van der Waals surface area (Å²) in [5.41, 5.74) is 11.0. The first-order valence-electron chi connectivity index (χ1n) is 7.40. The van der Waals surface area contributed by atoms with Gasteiger partial charge in [-0.25, -0.2) is 0 Å². The number of amides is 2. The number of benzene rings is 1. The van der Waals surface area contributed by atoms with Gasteiger partial charge in [-0.15, -0.1) is 0 Å². The van der Waals surface area contributed by atoms with E-state index in [-0.39, 0.29) is 29.1 Å². The maximum Gasteiger partial charge on any atom is 0.274 e. The quantitative estimate of drug-likeness (QED) is 0.611. The molecule has 1 aromatic carbocycles. The fourth-order valence-corrected chi connectivity index (χ4v) is 2.87. The predicted molar refractivity (Wildman–Crippen MR) is 83.4 cm³/mol. The average molecular weight is 320 g/mol. The molecule has 0 aromatic heterocycles. The average Bonchev–Trinajstić information content (AvgIpc) is 2.49. The van der Waals surface area contributed by atoms with E-state index < -0.39 is 10.8 Å². The Kier molecular flexibility index (Phi) is 4.95. The number of nitrogens with zero attached hydrogens (tertiary/aromatic N) is 2. The van der Waals surface area contributed by atoms with Crippen LogP contribution in [0.1, 0.15) is 35.7 Å². The molecule has 23 heavy (non-hydrogen) atoms. The van der Waals surface area contributed by atoms with E-state index in [0.717, 1.165) is 12.8 Å². The lowest BCUT2D eigenvalue weighted by Crippen LogP contribution is -2.45. The van der Waals surface area contributed by atoms with Gasteiger partial charge >= 0.3 is 0 Å². The molecule has 8 nitrogen and oxygen atoms in total. The van der Waals surface area contributed by atoms with E-state index in [2.05, 4.69) is 0 Å². The molecule has 124 valence electrons. The molecule has 1 heterocycles. The number of hydrogen-bond donors (Lipinski definition) is 2. The number of piperidine rings is 1. The van der Waals surface area contributed by atoms with E-state index in [9.17, 15) is 19.7 Å². The molecule has 8 heteroatoms. The van der Waals surface area contributed by atoms with Gasteiger partial charge in [0, 0.05) is 36.3 Å². The number of nitro benzene ring substituents is 1. The van der Waals surface area contributed by atoms with Crippen molar-refractivity contribution >= 4 is 17.5 Å². The highest BCUT2D eigenvalue weighted by molar-refractivity contribution is 5.93. The molecule has 4 N–H and O–H groups in total. The summed E-state index contributed by atoms with van der Waals surface area (Å²) in [4.78, 5) is 35.3. The molecule has 0 radical (unpaired) electrons. The van der Waals surface area contributed by atoms with Crippen molar-refractivity contribution in [1.82, 2.24) is 4.90 Å². The summed E-state index contributed by atoms with van der Waals surface area (Å²) in [5, 5.41) is 11.3. The van der Waals surface area contributed by atoms with E-state index in [1.54, 1.807) is 6.07 Å². The van der Waals surface area contributed by atoms with Gasteiger partial charge in [-0.1, -0.05) is 6.07 Å². The van der Waals surface area contributed by atoms with Gasteiger partial charge in [0.1, 0.15) is 0 Å². The van der Waals surface area contributed by atoms with E-state index in [0.29, 0.717) is 18.7 Å². The van der Waals surface area contributed by atoms with Gasteiger partial charge in [0.2, 0.25) is 11.8 Å². The van der Waals surface area contributed by atoms with Crippen LogP contribution < -0.4 is 11.5 Å². The first kappa shape index (κ1) is 16.9. The molecule has 0 spiro atoms. The van der Waals surface area contributed by atoms with Gasteiger partial charge in [0.25, 0.3) is 5.69 Å². The highest BCUT2D eigenvalue weighted by atomic mass is 16.6. The summed E-state index contributed by atoms with van der Waals surface area (Å²) >= 11 is 0.